The first kappa shape index (κ1) is 14.9. The number of hydrogen-bond acceptors (Lipinski definition) is 5. The molecule has 3 rings (SSSR count). The fourth-order valence-corrected chi connectivity index (χ4v) is 2.46. The van der Waals surface area contributed by atoms with E-state index in [-0.39, 0.29) is 6.61 Å². The fraction of sp³-hybridized carbons (Fsp3) is 0.200. The van der Waals surface area contributed by atoms with Gasteiger partial charge in [-0.2, -0.15) is 0 Å². The maximum absolute atomic E-state index is 6.03. The van der Waals surface area contributed by atoms with Crippen LogP contribution in [0.15, 0.2) is 33.1 Å². The highest BCUT2D eigenvalue weighted by molar-refractivity contribution is 6.35. The number of ether oxygens (including phenoxy) is 1. The predicted molar refractivity (Wildman–Crippen MR) is 82.3 cm³/mol. The van der Waals surface area contributed by atoms with Gasteiger partial charge in [0.05, 0.1) is 10.6 Å². The molecule has 5 nitrogen and oxygen atoms in total. The largest absolute Gasteiger partial charge is 0.482 e. The minimum atomic E-state index is 0.115. The van der Waals surface area contributed by atoms with Gasteiger partial charge in [-0.25, -0.2) is 0 Å². The smallest absolute Gasteiger partial charge is 0.254 e. The van der Waals surface area contributed by atoms with Gasteiger partial charge < -0.3 is 13.6 Å². The minimum Gasteiger partial charge on any atom is -0.482 e. The normalized spacial score (nSPS) is 10.9. The van der Waals surface area contributed by atoms with Crippen LogP contribution in [0.4, 0.5) is 0 Å². The lowest BCUT2D eigenvalue weighted by Gasteiger charge is -2.05. The van der Waals surface area contributed by atoms with E-state index in [1.165, 1.54) is 0 Å². The molecule has 3 aromatic rings. The van der Waals surface area contributed by atoms with Crippen LogP contribution < -0.4 is 4.74 Å². The molecule has 0 radical (unpaired) electrons. The lowest BCUT2D eigenvalue weighted by atomic mass is 10.2. The quantitative estimate of drug-likeness (QED) is 0.681. The summed E-state index contributed by atoms with van der Waals surface area (Å²) in [5.41, 5.74) is 0.778. The number of hydrogen-bond donors (Lipinski definition) is 0. The predicted octanol–water partition coefficient (Wildman–Crippen LogP) is 4.83. The summed E-state index contributed by atoms with van der Waals surface area (Å²) in [5, 5.41) is 8.92. The van der Waals surface area contributed by atoms with Gasteiger partial charge >= 0.3 is 0 Å². The van der Waals surface area contributed by atoms with Gasteiger partial charge in [-0.3, -0.25) is 0 Å². The minimum absolute atomic E-state index is 0.115. The van der Waals surface area contributed by atoms with Crippen LogP contribution in [0.3, 0.4) is 0 Å². The van der Waals surface area contributed by atoms with Crippen LogP contribution >= 0.6 is 23.2 Å². The molecule has 0 aliphatic heterocycles. The topological polar surface area (TPSA) is 61.3 Å². The molecule has 0 saturated heterocycles. The van der Waals surface area contributed by atoms with Gasteiger partial charge in [0.15, 0.2) is 6.61 Å². The molecular weight excluding hydrogens is 327 g/mol. The molecule has 0 bridgehead atoms. The first-order chi connectivity index (χ1) is 10.5. The van der Waals surface area contributed by atoms with E-state index in [0.717, 1.165) is 17.1 Å². The number of halogens is 2. The SMILES string of the molecule is Cc1cc(-c2nnc(COc3ccc(Cl)cc3Cl)o2)c(C)o1. The highest BCUT2D eigenvalue weighted by atomic mass is 35.5. The lowest BCUT2D eigenvalue weighted by Crippen LogP contribution is -1.96. The molecule has 7 heteroatoms. The number of furan rings is 1. The second-order valence-corrected chi connectivity index (χ2v) is 5.53. The van der Waals surface area contributed by atoms with Crippen LogP contribution in [0.25, 0.3) is 11.5 Å². The van der Waals surface area contributed by atoms with Crippen molar-refractivity contribution in [2.75, 3.05) is 0 Å². The van der Waals surface area contributed by atoms with Crippen LogP contribution in [-0.4, -0.2) is 10.2 Å². The molecular formula is C15H12Cl2N2O3. The average Bonchev–Trinajstić information content (AvgIpc) is 3.04. The maximum atomic E-state index is 6.03. The summed E-state index contributed by atoms with van der Waals surface area (Å²) in [7, 11) is 0. The van der Waals surface area contributed by atoms with Crippen molar-refractivity contribution < 1.29 is 13.6 Å². The zero-order valence-corrected chi connectivity index (χ0v) is 13.4. The van der Waals surface area contributed by atoms with Gasteiger partial charge in [0.2, 0.25) is 0 Å². The highest BCUT2D eigenvalue weighted by Gasteiger charge is 2.15. The molecule has 22 heavy (non-hydrogen) atoms. The summed E-state index contributed by atoms with van der Waals surface area (Å²) in [6.07, 6.45) is 0. The van der Waals surface area contributed by atoms with Crippen LogP contribution in [0.2, 0.25) is 10.0 Å². The number of benzene rings is 1. The van der Waals surface area contributed by atoms with Gasteiger partial charge in [0.25, 0.3) is 11.8 Å². The zero-order chi connectivity index (χ0) is 15.7. The molecule has 0 saturated carbocycles. The van der Waals surface area contributed by atoms with E-state index in [2.05, 4.69) is 10.2 Å². The van der Waals surface area contributed by atoms with Gasteiger partial charge in [-0.1, -0.05) is 23.2 Å². The van der Waals surface area contributed by atoms with Crippen LogP contribution in [0.1, 0.15) is 17.4 Å². The van der Waals surface area contributed by atoms with Crippen molar-refractivity contribution in [1.82, 2.24) is 10.2 Å². The molecule has 114 valence electrons. The molecule has 0 aliphatic carbocycles. The lowest BCUT2D eigenvalue weighted by molar-refractivity contribution is 0.264. The van der Waals surface area contributed by atoms with Gasteiger partial charge in [-0.05, 0) is 38.1 Å². The summed E-state index contributed by atoms with van der Waals surface area (Å²) in [6, 6.07) is 6.84. The Kier molecular flexibility index (Phi) is 4.09. The Labute approximate surface area is 136 Å². The Morgan fingerprint density at radius 2 is 1.91 bits per heavy atom. The average molecular weight is 339 g/mol. The number of nitrogens with zero attached hydrogens (tertiary/aromatic N) is 2. The van der Waals surface area contributed by atoms with Crippen molar-refractivity contribution in [3.05, 3.63) is 51.7 Å². The van der Waals surface area contributed by atoms with E-state index in [1.54, 1.807) is 18.2 Å². The molecule has 0 aliphatic rings. The van der Waals surface area contributed by atoms with E-state index in [9.17, 15) is 0 Å². The molecule has 2 heterocycles. The summed E-state index contributed by atoms with van der Waals surface area (Å²) in [6.45, 7) is 3.82. The number of aryl methyl sites for hydroxylation is 2. The second-order valence-electron chi connectivity index (χ2n) is 4.69. The molecule has 0 fully saturated rings. The van der Waals surface area contributed by atoms with Gasteiger partial charge in [0, 0.05) is 5.02 Å². The van der Waals surface area contributed by atoms with E-state index in [0.29, 0.717) is 27.6 Å². The summed E-state index contributed by atoms with van der Waals surface area (Å²) in [4.78, 5) is 0. The van der Waals surface area contributed by atoms with Gasteiger partial charge in [-0.15, -0.1) is 10.2 Å². The third-order valence-electron chi connectivity index (χ3n) is 2.98. The molecule has 0 atom stereocenters. The van der Waals surface area contributed by atoms with Crippen molar-refractivity contribution in [2.45, 2.75) is 20.5 Å². The molecule has 0 amide bonds. The number of rotatable bonds is 4. The third-order valence-corrected chi connectivity index (χ3v) is 3.51. The van der Waals surface area contributed by atoms with E-state index in [1.807, 2.05) is 19.9 Å². The second kappa shape index (κ2) is 6.02. The van der Waals surface area contributed by atoms with Crippen molar-refractivity contribution in [3.8, 4) is 17.2 Å². The summed E-state index contributed by atoms with van der Waals surface area (Å²) >= 11 is 11.9. The summed E-state index contributed by atoms with van der Waals surface area (Å²) < 4.78 is 16.6. The number of aromatic nitrogens is 2. The Morgan fingerprint density at radius 1 is 1.09 bits per heavy atom. The Balaban J connectivity index is 1.73. The van der Waals surface area contributed by atoms with Gasteiger partial charge in [0.1, 0.15) is 17.3 Å². The third kappa shape index (κ3) is 3.10. The van der Waals surface area contributed by atoms with Crippen molar-refractivity contribution in [1.29, 1.82) is 0 Å². The fourth-order valence-electron chi connectivity index (χ4n) is 2.00. The Bertz CT molecular complexity index is 811. The molecule has 1 aromatic carbocycles. The monoisotopic (exact) mass is 338 g/mol. The van der Waals surface area contributed by atoms with E-state index >= 15 is 0 Å². The van der Waals surface area contributed by atoms with E-state index < -0.39 is 0 Å². The van der Waals surface area contributed by atoms with Crippen molar-refractivity contribution in [3.63, 3.8) is 0 Å². The zero-order valence-electron chi connectivity index (χ0n) is 11.9. The molecule has 0 N–H and O–H groups in total. The molecule has 0 spiro atoms. The van der Waals surface area contributed by atoms with E-state index in [4.69, 9.17) is 36.8 Å². The maximum Gasteiger partial charge on any atom is 0.254 e. The highest BCUT2D eigenvalue weighted by Crippen LogP contribution is 2.29. The summed E-state index contributed by atoms with van der Waals surface area (Å²) in [5.74, 6) is 2.77. The van der Waals surface area contributed by atoms with Crippen molar-refractivity contribution >= 4 is 23.2 Å². The Hall–Kier alpha value is -1.98. The first-order valence-corrected chi connectivity index (χ1v) is 7.26. The van der Waals surface area contributed by atoms with Crippen LogP contribution in [0, 0.1) is 13.8 Å². The standard InChI is InChI=1S/C15H12Cl2N2O3/c1-8-5-11(9(2)21-8)15-19-18-14(22-15)7-20-13-4-3-10(16)6-12(13)17/h3-6H,7H2,1-2H3. The molecule has 2 aromatic heterocycles. The molecule has 0 unspecified atom stereocenters. The van der Waals surface area contributed by atoms with Crippen LogP contribution in [0.5, 0.6) is 5.75 Å². The van der Waals surface area contributed by atoms with Crippen LogP contribution in [-0.2, 0) is 6.61 Å². The van der Waals surface area contributed by atoms with Crippen molar-refractivity contribution in [2.24, 2.45) is 0 Å². The first-order valence-electron chi connectivity index (χ1n) is 6.50. The Morgan fingerprint density at radius 3 is 2.59 bits per heavy atom.